The van der Waals surface area contributed by atoms with E-state index in [1.165, 1.54) is 17.6 Å². The van der Waals surface area contributed by atoms with E-state index in [0.717, 1.165) is 31.2 Å². The summed E-state index contributed by atoms with van der Waals surface area (Å²) in [6.45, 7) is 0.337. The highest BCUT2D eigenvalue weighted by molar-refractivity contribution is 5.69. The van der Waals surface area contributed by atoms with Gasteiger partial charge in [-0.2, -0.15) is 0 Å². The van der Waals surface area contributed by atoms with Gasteiger partial charge in [0.15, 0.2) is 0 Å². The Morgan fingerprint density at radius 1 is 1.08 bits per heavy atom. The number of rotatable bonds is 4. The number of piperidine rings is 1. The summed E-state index contributed by atoms with van der Waals surface area (Å²) in [6, 6.07) is 14.4. The maximum atomic E-state index is 12.7. The van der Waals surface area contributed by atoms with Crippen LogP contribution in [0.15, 0.2) is 66.5 Å². The quantitative estimate of drug-likeness (QED) is 0.763. The van der Waals surface area contributed by atoms with Crippen molar-refractivity contribution in [3.8, 4) is 0 Å². The normalized spacial score (nSPS) is 21.8. The zero-order valence-electron chi connectivity index (χ0n) is 14.9. The lowest BCUT2D eigenvalue weighted by molar-refractivity contribution is 0.0481. The lowest BCUT2D eigenvalue weighted by atomic mass is 9.83. The molecule has 1 saturated heterocycles. The predicted octanol–water partition coefficient (Wildman–Crippen LogP) is 4.51. The van der Waals surface area contributed by atoms with Crippen molar-refractivity contribution in [2.75, 3.05) is 0 Å². The standard InChI is InChI=1S/C22H24N2O2/c25-22(26-16-18-5-2-1-3-6-18)24-20-7-4-8-21(24)15-19(14-20)13-17-9-11-23-12-10-17/h1-3,5-6,9-12,14,20-21H,4,7-8,13,15-16H2. The highest BCUT2D eigenvalue weighted by Crippen LogP contribution is 2.34. The minimum absolute atomic E-state index is 0.169. The van der Waals surface area contributed by atoms with Gasteiger partial charge in [-0.3, -0.25) is 9.88 Å². The molecule has 4 heteroatoms. The molecule has 1 fully saturated rings. The average molecular weight is 348 g/mol. The third-order valence-electron chi connectivity index (χ3n) is 5.31. The van der Waals surface area contributed by atoms with E-state index in [9.17, 15) is 4.79 Å². The molecule has 26 heavy (non-hydrogen) atoms. The van der Waals surface area contributed by atoms with E-state index in [-0.39, 0.29) is 18.2 Å². The molecule has 2 aliphatic heterocycles. The Morgan fingerprint density at radius 2 is 1.88 bits per heavy atom. The van der Waals surface area contributed by atoms with Crippen LogP contribution in [0.3, 0.4) is 0 Å². The van der Waals surface area contributed by atoms with Crippen LogP contribution in [0.25, 0.3) is 0 Å². The molecular formula is C22H24N2O2. The molecule has 134 valence electrons. The molecule has 4 rings (SSSR count). The topological polar surface area (TPSA) is 42.4 Å². The van der Waals surface area contributed by atoms with Crippen LogP contribution in [0.5, 0.6) is 0 Å². The van der Waals surface area contributed by atoms with Crippen molar-refractivity contribution >= 4 is 6.09 Å². The molecule has 0 saturated carbocycles. The highest BCUT2D eigenvalue weighted by atomic mass is 16.6. The van der Waals surface area contributed by atoms with Crippen LogP contribution < -0.4 is 0 Å². The third kappa shape index (κ3) is 3.79. The van der Waals surface area contributed by atoms with Gasteiger partial charge in [0.05, 0.1) is 6.04 Å². The maximum Gasteiger partial charge on any atom is 0.410 e. The van der Waals surface area contributed by atoms with Crippen molar-refractivity contribution in [2.24, 2.45) is 0 Å². The molecule has 2 bridgehead atoms. The zero-order valence-corrected chi connectivity index (χ0v) is 14.9. The number of nitrogens with zero attached hydrogens (tertiary/aromatic N) is 2. The number of hydrogen-bond acceptors (Lipinski definition) is 3. The van der Waals surface area contributed by atoms with Crippen LogP contribution in [0.4, 0.5) is 4.79 Å². The van der Waals surface area contributed by atoms with Crippen molar-refractivity contribution in [1.29, 1.82) is 0 Å². The van der Waals surface area contributed by atoms with Gasteiger partial charge in [-0.25, -0.2) is 4.79 Å². The number of benzene rings is 1. The molecular weight excluding hydrogens is 324 g/mol. The number of hydrogen-bond donors (Lipinski definition) is 0. The van der Waals surface area contributed by atoms with Gasteiger partial charge in [-0.15, -0.1) is 0 Å². The van der Waals surface area contributed by atoms with Gasteiger partial charge in [-0.05, 0) is 55.4 Å². The molecule has 2 atom stereocenters. The van der Waals surface area contributed by atoms with Crippen molar-refractivity contribution in [1.82, 2.24) is 9.88 Å². The first-order valence-corrected chi connectivity index (χ1v) is 9.37. The summed E-state index contributed by atoms with van der Waals surface area (Å²) in [5, 5.41) is 0. The van der Waals surface area contributed by atoms with Crippen molar-refractivity contribution in [3.63, 3.8) is 0 Å². The Kier molecular flexibility index (Phi) is 5.00. The molecule has 3 heterocycles. The van der Waals surface area contributed by atoms with Crippen molar-refractivity contribution in [3.05, 3.63) is 77.6 Å². The molecule has 1 amide bonds. The summed E-state index contributed by atoms with van der Waals surface area (Å²) in [6.07, 6.45) is 10.9. The lowest BCUT2D eigenvalue weighted by Crippen LogP contribution is -2.52. The van der Waals surface area contributed by atoms with Crippen LogP contribution in [-0.2, 0) is 17.8 Å². The number of fused-ring (bicyclic) bond motifs is 2. The summed E-state index contributed by atoms with van der Waals surface area (Å²) in [4.78, 5) is 18.8. The Balaban J connectivity index is 1.43. The van der Waals surface area contributed by atoms with E-state index in [4.69, 9.17) is 4.74 Å². The fourth-order valence-corrected chi connectivity index (χ4v) is 4.09. The molecule has 2 unspecified atom stereocenters. The molecule has 0 spiro atoms. The number of aromatic nitrogens is 1. The second-order valence-corrected chi connectivity index (χ2v) is 7.16. The first-order valence-electron chi connectivity index (χ1n) is 9.37. The number of carbonyl (C=O) groups excluding carboxylic acids is 1. The van der Waals surface area contributed by atoms with Gasteiger partial charge < -0.3 is 4.74 Å². The predicted molar refractivity (Wildman–Crippen MR) is 101 cm³/mol. The Morgan fingerprint density at radius 3 is 2.65 bits per heavy atom. The minimum Gasteiger partial charge on any atom is -0.445 e. The summed E-state index contributed by atoms with van der Waals surface area (Å²) < 4.78 is 5.61. The molecule has 0 aliphatic carbocycles. The molecule has 1 aromatic carbocycles. The minimum atomic E-state index is -0.178. The molecule has 2 aromatic rings. The third-order valence-corrected chi connectivity index (χ3v) is 5.31. The smallest absolute Gasteiger partial charge is 0.410 e. The zero-order chi connectivity index (χ0) is 17.8. The molecule has 2 aliphatic rings. The number of ether oxygens (including phenoxy) is 1. The van der Waals surface area contributed by atoms with Crippen LogP contribution in [0.2, 0.25) is 0 Å². The summed E-state index contributed by atoms with van der Waals surface area (Å²) >= 11 is 0. The van der Waals surface area contributed by atoms with Crippen molar-refractivity contribution in [2.45, 2.75) is 50.8 Å². The Labute approximate surface area is 154 Å². The van der Waals surface area contributed by atoms with E-state index in [2.05, 4.69) is 23.2 Å². The van der Waals surface area contributed by atoms with Gasteiger partial charge in [0.2, 0.25) is 0 Å². The lowest BCUT2D eigenvalue weighted by Gasteiger charge is -2.44. The number of carbonyl (C=O) groups is 1. The summed E-state index contributed by atoms with van der Waals surface area (Å²) in [7, 11) is 0. The monoisotopic (exact) mass is 348 g/mol. The molecule has 0 N–H and O–H groups in total. The fourth-order valence-electron chi connectivity index (χ4n) is 4.09. The fraction of sp³-hybridized carbons (Fsp3) is 0.364. The number of amides is 1. The molecule has 0 radical (unpaired) electrons. The van der Waals surface area contributed by atoms with Gasteiger partial charge in [0.1, 0.15) is 6.61 Å². The van der Waals surface area contributed by atoms with Crippen LogP contribution >= 0.6 is 0 Å². The largest absolute Gasteiger partial charge is 0.445 e. The molecule has 4 nitrogen and oxygen atoms in total. The first kappa shape index (κ1) is 16.8. The first-order chi connectivity index (χ1) is 12.8. The van der Waals surface area contributed by atoms with Gasteiger partial charge in [0.25, 0.3) is 0 Å². The van der Waals surface area contributed by atoms with Crippen LogP contribution in [0, 0.1) is 0 Å². The summed E-state index contributed by atoms with van der Waals surface area (Å²) in [5.41, 5.74) is 3.74. The van der Waals surface area contributed by atoms with E-state index in [1.807, 2.05) is 47.6 Å². The summed E-state index contributed by atoms with van der Waals surface area (Å²) in [5.74, 6) is 0. The van der Waals surface area contributed by atoms with E-state index >= 15 is 0 Å². The highest BCUT2D eigenvalue weighted by Gasteiger charge is 2.37. The molecule has 1 aromatic heterocycles. The van der Waals surface area contributed by atoms with E-state index in [1.54, 1.807) is 0 Å². The van der Waals surface area contributed by atoms with Gasteiger partial charge in [-0.1, -0.05) is 42.0 Å². The SMILES string of the molecule is O=C(OCc1ccccc1)N1C2C=C(Cc3ccncc3)CC1CCC2. The Bertz CT molecular complexity index is 773. The second-order valence-electron chi connectivity index (χ2n) is 7.16. The van der Waals surface area contributed by atoms with Gasteiger partial charge >= 0.3 is 6.09 Å². The maximum absolute atomic E-state index is 12.7. The van der Waals surface area contributed by atoms with Crippen LogP contribution in [0.1, 0.15) is 36.8 Å². The Hall–Kier alpha value is -2.62. The average Bonchev–Trinajstić information content (AvgIpc) is 2.67. The van der Waals surface area contributed by atoms with Crippen LogP contribution in [-0.4, -0.2) is 28.1 Å². The second kappa shape index (κ2) is 7.73. The van der Waals surface area contributed by atoms with E-state index in [0.29, 0.717) is 6.61 Å². The number of pyridine rings is 1. The van der Waals surface area contributed by atoms with Gasteiger partial charge in [0, 0.05) is 18.4 Å². The van der Waals surface area contributed by atoms with E-state index < -0.39 is 0 Å². The van der Waals surface area contributed by atoms with Crippen molar-refractivity contribution < 1.29 is 9.53 Å².